The molecule has 1 N–H and O–H groups in total. The molecule has 0 spiro atoms. The first-order valence-corrected chi connectivity index (χ1v) is 10.9. The predicted octanol–water partition coefficient (Wildman–Crippen LogP) is 5.50. The smallest absolute Gasteiger partial charge is 0.225 e. The molecule has 5 nitrogen and oxygen atoms in total. The molecule has 0 aliphatic heterocycles. The average molecular weight is 439 g/mol. The minimum Gasteiger partial charge on any atom is -0.495 e. The van der Waals surface area contributed by atoms with Crippen LogP contribution in [0.25, 0.3) is 10.8 Å². The lowest BCUT2D eigenvalue weighted by atomic mass is 10.0. The number of halogens is 1. The topological polar surface area (TPSA) is 50.8 Å². The number of hydrogen-bond acceptors (Lipinski definition) is 4. The fourth-order valence-corrected chi connectivity index (χ4v) is 4.13. The van der Waals surface area contributed by atoms with E-state index in [4.69, 9.17) is 21.1 Å². The Morgan fingerprint density at radius 2 is 1.81 bits per heavy atom. The Morgan fingerprint density at radius 3 is 2.55 bits per heavy atom. The monoisotopic (exact) mass is 438 g/mol. The summed E-state index contributed by atoms with van der Waals surface area (Å²) < 4.78 is 10.6. The van der Waals surface area contributed by atoms with Gasteiger partial charge in [-0.25, -0.2) is 0 Å². The Hall–Kier alpha value is -2.76. The molecule has 0 heterocycles. The second-order valence-electron chi connectivity index (χ2n) is 7.83. The number of nitrogens with one attached hydrogen (secondary N) is 1. The van der Waals surface area contributed by atoms with E-state index in [1.807, 2.05) is 0 Å². The lowest BCUT2D eigenvalue weighted by Crippen LogP contribution is -2.29. The van der Waals surface area contributed by atoms with Crippen LogP contribution in [-0.2, 0) is 11.3 Å². The van der Waals surface area contributed by atoms with E-state index in [2.05, 4.69) is 52.7 Å². The third-order valence-electron chi connectivity index (χ3n) is 5.69. The van der Waals surface area contributed by atoms with Gasteiger partial charge in [0.2, 0.25) is 5.91 Å². The van der Waals surface area contributed by atoms with E-state index in [9.17, 15) is 4.79 Å². The van der Waals surface area contributed by atoms with Crippen LogP contribution in [0, 0.1) is 0 Å². The van der Waals surface area contributed by atoms with Crippen LogP contribution in [0.1, 0.15) is 24.8 Å². The molecule has 3 aromatic rings. The summed E-state index contributed by atoms with van der Waals surface area (Å²) in [5.41, 5.74) is 1.86. The van der Waals surface area contributed by atoms with Gasteiger partial charge in [-0.3, -0.25) is 9.69 Å². The van der Waals surface area contributed by atoms with Crippen LogP contribution in [0.5, 0.6) is 11.5 Å². The van der Waals surface area contributed by atoms with Crippen molar-refractivity contribution in [3.05, 3.63) is 65.2 Å². The van der Waals surface area contributed by atoms with E-state index in [0.29, 0.717) is 41.2 Å². The maximum absolute atomic E-state index is 12.7. The lowest BCUT2D eigenvalue weighted by Gasteiger charge is -2.23. The summed E-state index contributed by atoms with van der Waals surface area (Å²) in [4.78, 5) is 15.1. The molecule has 0 radical (unpaired) electrons. The molecular formula is C25H27ClN2O3. The Morgan fingerprint density at radius 1 is 1.06 bits per heavy atom. The van der Waals surface area contributed by atoms with Crippen LogP contribution in [0.15, 0.2) is 54.6 Å². The van der Waals surface area contributed by atoms with Crippen LogP contribution < -0.4 is 14.8 Å². The number of fused-ring (bicyclic) bond motifs is 1. The van der Waals surface area contributed by atoms with Crippen LogP contribution >= 0.6 is 11.6 Å². The molecule has 0 unspecified atom stereocenters. The molecular weight excluding hydrogens is 412 g/mol. The highest BCUT2D eigenvalue weighted by molar-refractivity contribution is 6.32. The number of anilines is 1. The Kier molecular flexibility index (Phi) is 6.64. The maximum Gasteiger partial charge on any atom is 0.225 e. The van der Waals surface area contributed by atoms with Crippen LogP contribution in [-0.4, -0.2) is 37.6 Å². The van der Waals surface area contributed by atoms with Crippen molar-refractivity contribution in [3.63, 3.8) is 0 Å². The van der Waals surface area contributed by atoms with Crippen LogP contribution in [0.4, 0.5) is 5.69 Å². The largest absolute Gasteiger partial charge is 0.495 e. The predicted molar refractivity (Wildman–Crippen MR) is 125 cm³/mol. The van der Waals surface area contributed by atoms with Gasteiger partial charge in [0.05, 0.1) is 24.9 Å². The number of carbonyl (C=O) groups excluding carboxylic acids is 1. The number of methoxy groups -OCH3 is 2. The summed E-state index contributed by atoms with van der Waals surface area (Å²) in [5.74, 6) is 0.938. The van der Waals surface area contributed by atoms with Crippen molar-refractivity contribution < 1.29 is 14.3 Å². The van der Waals surface area contributed by atoms with E-state index in [1.54, 1.807) is 26.4 Å². The van der Waals surface area contributed by atoms with Gasteiger partial charge in [0.15, 0.2) is 0 Å². The Labute approximate surface area is 187 Å². The summed E-state index contributed by atoms with van der Waals surface area (Å²) in [6, 6.07) is 18.8. The van der Waals surface area contributed by atoms with Crippen molar-refractivity contribution in [1.29, 1.82) is 0 Å². The number of benzene rings is 3. The summed E-state index contributed by atoms with van der Waals surface area (Å²) in [6.07, 6.45) is 2.78. The van der Waals surface area contributed by atoms with E-state index >= 15 is 0 Å². The van der Waals surface area contributed by atoms with Crippen molar-refractivity contribution in [2.75, 3.05) is 26.1 Å². The second-order valence-corrected chi connectivity index (χ2v) is 8.23. The molecule has 31 heavy (non-hydrogen) atoms. The van der Waals surface area contributed by atoms with Crippen LogP contribution in [0.2, 0.25) is 5.02 Å². The Balaban J connectivity index is 1.43. The van der Waals surface area contributed by atoms with Gasteiger partial charge in [-0.05, 0) is 29.2 Å². The SMILES string of the molecule is COc1cc(NC(=O)CCN(Cc2cccc3ccccc23)C2CC2)c(OC)cc1Cl. The summed E-state index contributed by atoms with van der Waals surface area (Å²) in [5, 5.41) is 5.90. The van der Waals surface area contributed by atoms with Crippen molar-refractivity contribution in [3.8, 4) is 11.5 Å². The summed E-state index contributed by atoms with van der Waals surface area (Å²) >= 11 is 6.16. The maximum atomic E-state index is 12.7. The van der Waals surface area contributed by atoms with E-state index in [-0.39, 0.29) is 5.91 Å². The quantitative estimate of drug-likeness (QED) is 0.479. The van der Waals surface area contributed by atoms with Gasteiger partial charge in [0.1, 0.15) is 11.5 Å². The fourth-order valence-electron chi connectivity index (χ4n) is 3.90. The third kappa shape index (κ3) is 5.12. The zero-order chi connectivity index (χ0) is 21.8. The standard InChI is InChI=1S/C25H27ClN2O3/c1-30-23-15-22(24(31-2)14-21(23)26)27-25(29)12-13-28(19-10-11-19)16-18-8-5-7-17-6-3-4-9-20(17)18/h3-9,14-15,19H,10-13,16H2,1-2H3,(H,27,29). The molecule has 1 amide bonds. The van der Waals surface area contributed by atoms with E-state index < -0.39 is 0 Å². The molecule has 1 aliphatic rings. The van der Waals surface area contributed by atoms with Gasteiger partial charge >= 0.3 is 0 Å². The van der Waals surface area contributed by atoms with Gasteiger partial charge in [-0.2, -0.15) is 0 Å². The lowest BCUT2D eigenvalue weighted by molar-refractivity contribution is -0.116. The minimum absolute atomic E-state index is 0.0637. The van der Waals surface area contributed by atoms with E-state index in [1.165, 1.54) is 29.2 Å². The number of hydrogen-bond donors (Lipinski definition) is 1. The number of carbonyl (C=O) groups is 1. The summed E-state index contributed by atoms with van der Waals surface area (Å²) in [7, 11) is 3.09. The van der Waals surface area contributed by atoms with Crippen molar-refractivity contribution >= 4 is 34.0 Å². The van der Waals surface area contributed by atoms with Gasteiger partial charge in [0, 0.05) is 37.7 Å². The van der Waals surface area contributed by atoms with E-state index in [0.717, 1.165) is 6.54 Å². The first kappa shape index (κ1) is 21.5. The molecule has 0 aromatic heterocycles. The third-order valence-corrected chi connectivity index (χ3v) is 5.99. The number of ether oxygens (including phenoxy) is 2. The molecule has 3 aromatic carbocycles. The molecule has 6 heteroatoms. The van der Waals surface area contributed by atoms with Crippen molar-refractivity contribution in [2.24, 2.45) is 0 Å². The van der Waals surface area contributed by atoms with Gasteiger partial charge in [0.25, 0.3) is 0 Å². The van der Waals surface area contributed by atoms with Gasteiger partial charge in [-0.1, -0.05) is 54.1 Å². The number of rotatable bonds is 9. The molecule has 162 valence electrons. The van der Waals surface area contributed by atoms with Gasteiger partial charge in [-0.15, -0.1) is 0 Å². The second kappa shape index (κ2) is 9.58. The molecule has 1 fully saturated rings. The average Bonchev–Trinajstić information content (AvgIpc) is 3.63. The molecule has 0 atom stereocenters. The van der Waals surface area contributed by atoms with Crippen LogP contribution in [0.3, 0.4) is 0 Å². The molecule has 0 saturated heterocycles. The van der Waals surface area contributed by atoms with Crippen molar-refractivity contribution in [2.45, 2.75) is 31.8 Å². The van der Waals surface area contributed by atoms with Gasteiger partial charge < -0.3 is 14.8 Å². The zero-order valence-corrected chi connectivity index (χ0v) is 18.6. The fraction of sp³-hybridized carbons (Fsp3) is 0.320. The highest BCUT2D eigenvalue weighted by Crippen LogP contribution is 2.36. The molecule has 4 rings (SSSR count). The first-order valence-electron chi connectivity index (χ1n) is 10.5. The highest BCUT2D eigenvalue weighted by atomic mass is 35.5. The number of amides is 1. The highest BCUT2D eigenvalue weighted by Gasteiger charge is 2.29. The Bertz CT molecular complexity index is 1080. The van der Waals surface area contributed by atoms with Crippen molar-refractivity contribution in [1.82, 2.24) is 4.90 Å². The molecule has 0 bridgehead atoms. The molecule has 1 aliphatic carbocycles. The normalized spacial score (nSPS) is 13.4. The molecule has 1 saturated carbocycles. The summed E-state index contributed by atoms with van der Waals surface area (Å²) in [6.45, 7) is 1.55. The number of nitrogens with zero attached hydrogens (tertiary/aromatic N) is 1. The minimum atomic E-state index is -0.0637. The zero-order valence-electron chi connectivity index (χ0n) is 17.9. The first-order chi connectivity index (χ1) is 15.1.